The van der Waals surface area contributed by atoms with Crippen LogP contribution in [0.5, 0.6) is 0 Å². The van der Waals surface area contributed by atoms with Gasteiger partial charge in [-0.15, -0.1) is 11.3 Å². The fourth-order valence-corrected chi connectivity index (χ4v) is 6.23. The second-order valence-electron chi connectivity index (χ2n) is 7.73. The smallest absolute Gasteiger partial charge is 0.253 e. The Morgan fingerprint density at radius 3 is 2.74 bits per heavy atom. The van der Waals surface area contributed by atoms with Crippen LogP contribution in [0.1, 0.15) is 47.5 Å². The van der Waals surface area contributed by atoms with Gasteiger partial charge in [0, 0.05) is 35.3 Å². The highest BCUT2D eigenvalue weighted by Gasteiger charge is 2.27. The fraction of sp³-hybridized carbons (Fsp3) is 0.364. The van der Waals surface area contributed by atoms with Crippen LogP contribution in [-0.2, 0) is 10.0 Å². The number of benzene rings is 2. The number of rotatable bonds is 6. The molecule has 2 heterocycles. The summed E-state index contributed by atoms with van der Waals surface area (Å²) in [6, 6.07) is 12.5. The van der Waals surface area contributed by atoms with Crippen LogP contribution in [0, 0.1) is 0 Å². The first kappa shape index (κ1) is 22.0. The number of nitrogens with one attached hydrogen (secondary N) is 1. The maximum absolute atomic E-state index is 13.0. The topological polar surface area (TPSA) is 79.4 Å². The van der Waals surface area contributed by atoms with E-state index < -0.39 is 10.0 Å². The predicted molar refractivity (Wildman–Crippen MR) is 127 cm³/mol. The molecule has 3 aromatic rings. The van der Waals surface area contributed by atoms with Crippen molar-refractivity contribution >= 4 is 54.8 Å². The molecule has 1 fully saturated rings. The van der Waals surface area contributed by atoms with Crippen LogP contribution in [0.3, 0.4) is 0 Å². The van der Waals surface area contributed by atoms with Crippen molar-refractivity contribution in [3.63, 3.8) is 0 Å². The van der Waals surface area contributed by atoms with E-state index in [0.717, 1.165) is 28.1 Å². The van der Waals surface area contributed by atoms with E-state index in [9.17, 15) is 13.2 Å². The van der Waals surface area contributed by atoms with Crippen LogP contribution >= 0.6 is 22.9 Å². The summed E-state index contributed by atoms with van der Waals surface area (Å²) in [7, 11) is -3.39. The Balaban J connectivity index is 1.41. The van der Waals surface area contributed by atoms with Crippen LogP contribution in [0.4, 0.5) is 5.69 Å². The number of likely N-dealkylation sites (tertiary alicyclic amines) is 1. The van der Waals surface area contributed by atoms with Gasteiger partial charge < -0.3 is 4.90 Å². The van der Waals surface area contributed by atoms with Crippen LogP contribution in [-0.4, -0.2) is 43.1 Å². The van der Waals surface area contributed by atoms with Gasteiger partial charge in [0.05, 0.1) is 21.0 Å². The molecule has 0 bridgehead atoms. The second kappa shape index (κ2) is 9.14. The van der Waals surface area contributed by atoms with Crippen molar-refractivity contribution in [1.29, 1.82) is 0 Å². The van der Waals surface area contributed by atoms with Gasteiger partial charge >= 0.3 is 0 Å². The number of fused-ring (bicyclic) bond motifs is 1. The largest absolute Gasteiger partial charge is 0.339 e. The molecule has 9 heteroatoms. The average molecular weight is 478 g/mol. The van der Waals surface area contributed by atoms with Gasteiger partial charge in [-0.05, 0) is 55.7 Å². The summed E-state index contributed by atoms with van der Waals surface area (Å²) >= 11 is 7.76. The lowest BCUT2D eigenvalue weighted by Gasteiger charge is -2.31. The molecule has 1 N–H and O–H groups in total. The Bertz CT molecular complexity index is 1200. The number of hydrogen-bond donors (Lipinski definition) is 1. The first-order valence-electron chi connectivity index (χ1n) is 10.3. The van der Waals surface area contributed by atoms with E-state index in [1.165, 1.54) is 0 Å². The van der Waals surface area contributed by atoms with Gasteiger partial charge in [0.15, 0.2) is 0 Å². The predicted octanol–water partition coefficient (Wildman–Crippen LogP) is 5.12. The lowest BCUT2D eigenvalue weighted by molar-refractivity contribution is 0.0713. The number of piperidine rings is 1. The summed E-state index contributed by atoms with van der Waals surface area (Å²) in [6.07, 6.45) is 2.23. The molecule has 0 aliphatic carbocycles. The zero-order chi connectivity index (χ0) is 22.0. The number of aromatic nitrogens is 1. The summed E-state index contributed by atoms with van der Waals surface area (Å²) in [5.41, 5.74) is 1.83. The molecule has 4 rings (SSSR count). The molecule has 164 valence electrons. The molecule has 1 saturated heterocycles. The first-order chi connectivity index (χ1) is 14.8. The number of hydrogen-bond acceptors (Lipinski definition) is 5. The molecule has 6 nitrogen and oxygen atoms in total. The summed E-state index contributed by atoms with van der Waals surface area (Å²) in [5, 5.41) is 1.78. The van der Waals surface area contributed by atoms with E-state index in [2.05, 4.69) is 4.72 Å². The summed E-state index contributed by atoms with van der Waals surface area (Å²) < 4.78 is 27.7. The quantitative estimate of drug-likeness (QED) is 0.534. The van der Waals surface area contributed by atoms with Crippen molar-refractivity contribution in [3.05, 3.63) is 58.1 Å². The van der Waals surface area contributed by atoms with E-state index >= 15 is 0 Å². The van der Waals surface area contributed by atoms with Crippen molar-refractivity contribution in [2.45, 2.75) is 32.1 Å². The van der Waals surface area contributed by atoms with Crippen LogP contribution in [0.25, 0.3) is 10.2 Å². The van der Waals surface area contributed by atoms with Gasteiger partial charge in [0.25, 0.3) is 5.91 Å². The number of amides is 1. The van der Waals surface area contributed by atoms with Crippen molar-refractivity contribution in [2.24, 2.45) is 0 Å². The molecule has 0 saturated carbocycles. The van der Waals surface area contributed by atoms with Gasteiger partial charge in [-0.2, -0.15) is 0 Å². The van der Waals surface area contributed by atoms with Crippen LogP contribution in [0.2, 0.25) is 5.02 Å². The van der Waals surface area contributed by atoms with E-state index in [0.29, 0.717) is 41.7 Å². The summed E-state index contributed by atoms with van der Waals surface area (Å²) in [4.78, 5) is 19.6. The third kappa shape index (κ3) is 5.19. The van der Waals surface area contributed by atoms with Crippen molar-refractivity contribution < 1.29 is 13.2 Å². The number of halogens is 1. The number of carbonyl (C=O) groups excluding carboxylic acids is 1. The van der Waals surface area contributed by atoms with Crippen molar-refractivity contribution in [2.75, 3.05) is 23.6 Å². The third-order valence-corrected chi connectivity index (χ3v) is 8.28. The molecular weight excluding hydrogens is 454 g/mol. The Kier molecular flexibility index (Phi) is 6.50. The first-order valence-corrected chi connectivity index (χ1v) is 13.1. The lowest BCUT2D eigenvalue weighted by atomic mass is 9.97. The molecule has 0 atom stereocenters. The number of anilines is 1. The third-order valence-electron chi connectivity index (χ3n) is 5.35. The maximum Gasteiger partial charge on any atom is 0.253 e. The lowest BCUT2D eigenvalue weighted by Crippen LogP contribution is -2.37. The zero-order valence-electron chi connectivity index (χ0n) is 17.2. The van der Waals surface area contributed by atoms with E-state index in [4.69, 9.17) is 16.6 Å². The zero-order valence-corrected chi connectivity index (χ0v) is 19.6. The molecule has 1 aliphatic rings. The molecule has 0 unspecified atom stereocenters. The number of sulfonamides is 1. The molecule has 31 heavy (non-hydrogen) atoms. The summed E-state index contributed by atoms with van der Waals surface area (Å²) in [5.74, 6) is 0.301. The minimum Gasteiger partial charge on any atom is -0.339 e. The fourth-order valence-electron chi connectivity index (χ4n) is 3.82. The van der Waals surface area contributed by atoms with Crippen molar-refractivity contribution in [3.8, 4) is 0 Å². The Morgan fingerprint density at radius 1 is 1.23 bits per heavy atom. The minimum absolute atomic E-state index is 0.0522. The minimum atomic E-state index is -3.39. The Morgan fingerprint density at radius 2 is 2.00 bits per heavy atom. The SMILES string of the molecule is CCCS(=O)(=O)Nc1cccc(C(=O)N2CCC(c3nc4cc(Cl)ccc4s3)CC2)c1. The molecule has 1 amide bonds. The molecule has 0 spiro atoms. The second-order valence-corrected chi connectivity index (χ2v) is 11.1. The number of thiazole rings is 1. The van der Waals surface area contributed by atoms with E-state index in [1.54, 1.807) is 35.6 Å². The van der Waals surface area contributed by atoms with Gasteiger partial charge in [-0.25, -0.2) is 13.4 Å². The number of carbonyl (C=O) groups is 1. The highest BCUT2D eigenvalue weighted by molar-refractivity contribution is 7.92. The molecular formula is C22H24ClN3O3S2. The normalized spacial score (nSPS) is 15.4. The van der Waals surface area contributed by atoms with Gasteiger partial charge in [-0.1, -0.05) is 24.6 Å². The van der Waals surface area contributed by atoms with E-state index in [-0.39, 0.29) is 11.7 Å². The molecule has 0 radical (unpaired) electrons. The Hall–Kier alpha value is -2.16. The highest BCUT2D eigenvalue weighted by atomic mass is 35.5. The maximum atomic E-state index is 13.0. The Labute approximate surface area is 191 Å². The van der Waals surface area contributed by atoms with Crippen LogP contribution in [0.15, 0.2) is 42.5 Å². The standard InChI is InChI=1S/C22H24ClN3O3S2/c1-2-12-31(28,29)25-18-5-3-4-16(13-18)22(27)26-10-8-15(9-11-26)21-24-19-14-17(23)6-7-20(19)30-21/h3-7,13-15,25H,2,8-12H2,1H3. The average Bonchev–Trinajstić information content (AvgIpc) is 3.16. The molecule has 1 aliphatic heterocycles. The summed E-state index contributed by atoms with van der Waals surface area (Å²) in [6.45, 7) is 3.10. The van der Waals surface area contributed by atoms with Crippen LogP contribution < -0.4 is 4.72 Å². The van der Waals surface area contributed by atoms with Gasteiger partial charge in [-0.3, -0.25) is 9.52 Å². The van der Waals surface area contributed by atoms with Gasteiger partial charge in [0.2, 0.25) is 10.0 Å². The monoisotopic (exact) mass is 477 g/mol. The van der Waals surface area contributed by atoms with Crippen molar-refractivity contribution in [1.82, 2.24) is 9.88 Å². The van der Waals surface area contributed by atoms with Gasteiger partial charge in [0.1, 0.15) is 0 Å². The van der Waals surface area contributed by atoms with E-state index in [1.807, 2.05) is 30.0 Å². The molecule has 2 aromatic carbocycles. The number of nitrogens with zero attached hydrogens (tertiary/aromatic N) is 2. The highest BCUT2D eigenvalue weighted by Crippen LogP contribution is 2.35. The molecule has 1 aromatic heterocycles.